The largest absolute Gasteiger partial charge is 0.489 e. The molecule has 9 heteroatoms. The Morgan fingerprint density at radius 2 is 1.72 bits per heavy atom. The summed E-state index contributed by atoms with van der Waals surface area (Å²) in [6, 6.07) is 19.4. The number of carboxylic acids is 1. The van der Waals surface area contributed by atoms with Gasteiger partial charge in [-0.25, -0.2) is 9.59 Å². The van der Waals surface area contributed by atoms with Crippen LogP contribution in [0.2, 0.25) is 0 Å². The highest BCUT2D eigenvalue weighted by Crippen LogP contribution is 2.24. The van der Waals surface area contributed by atoms with Gasteiger partial charge in [-0.2, -0.15) is 0 Å². The topological polar surface area (TPSA) is 126 Å². The fourth-order valence-electron chi connectivity index (χ4n) is 3.89. The van der Waals surface area contributed by atoms with E-state index in [1.807, 2.05) is 31.2 Å². The lowest BCUT2D eigenvalue weighted by Crippen LogP contribution is -2.37. The van der Waals surface area contributed by atoms with E-state index in [1.165, 1.54) is 16.7 Å². The fraction of sp³-hybridized carbons (Fsp3) is 0.259. The summed E-state index contributed by atoms with van der Waals surface area (Å²) in [7, 11) is 1.67. The van der Waals surface area contributed by atoms with E-state index in [9.17, 15) is 14.7 Å². The highest BCUT2D eigenvalue weighted by molar-refractivity contribution is 5.87. The van der Waals surface area contributed by atoms with E-state index in [-0.39, 0.29) is 23.9 Å². The second-order valence-corrected chi connectivity index (χ2v) is 8.70. The number of ether oxygens (including phenoxy) is 2. The third-order valence-corrected chi connectivity index (χ3v) is 5.82. The Kier molecular flexibility index (Phi) is 7.72. The van der Waals surface area contributed by atoms with E-state index < -0.39 is 12.1 Å². The Bertz CT molecular complexity index is 1380. The van der Waals surface area contributed by atoms with Crippen molar-refractivity contribution in [3.05, 3.63) is 88.3 Å². The van der Waals surface area contributed by atoms with E-state index >= 15 is 0 Å². The predicted molar refractivity (Wildman–Crippen MR) is 136 cm³/mol. The predicted octanol–water partition coefficient (Wildman–Crippen LogP) is 3.32. The average molecular weight is 492 g/mol. The molecule has 9 nitrogen and oxygen atoms in total. The Morgan fingerprint density at radius 1 is 1.06 bits per heavy atom. The Balaban J connectivity index is 1.23. The SMILES string of the molecule is CC(Cc1ccc(Oc2ccc(C(=O)O)cc2)cc1)NC[C@H](O)COc1cccc2[nH]c(=O)n(C)c12. The maximum absolute atomic E-state index is 11.9. The number of hydrogen-bond acceptors (Lipinski definition) is 6. The van der Waals surface area contributed by atoms with Crippen LogP contribution >= 0.6 is 0 Å². The molecule has 3 aromatic carbocycles. The number of fused-ring (bicyclic) bond motifs is 1. The molecule has 0 aliphatic carbocycles. The van der Waals surface area contributed by atoms with Crippen molar-refractivity contribution in [3.8, 4) is 17.2 Å². The van der Waals surface area contributed by atoms with Crippen molar-refractivity contribution in [2.24, 2.45) is 7.05 Å². The first-order valence-corrected chi connectivity index (χ1v) is 11.6. The number of rotatable bonds is 11. The number of imidazole rings is 1. The van der Waals surface area contributed by atoms with Crippen LogP contribution in [0.15, 0.2) is 71.5 Å². The minimum Gasteiger partial charge on any atom is -0.489 e. The van der Waals surface area contributed by atoms with Crippen molar-refractivity contribution in [2.45, 2.75) is 25.5 Å². The number of aliphatic hydroxyl groups excluding tert-OH is 1. The summed E-state index contributed by atoms with van der Waals surface area (Å²) in [5, 5.41) is 22.7. The van der Waals surface area contributed by atoms with Crippen LogP contribution in [0.3, 0.4) is 0 Å². The minimum atomic E-state index is -0.976. The van der Waals surface area contributed by atoms with Gasteiger partial charge in [0.1, 0.15) is 35.5 Å². The minimum absolute atomic E-state index is 0.0949. The van der Waals surface area contributed by atoms with Crippen LogP contribution in [0, 0.1) is 0 Å². The molecule has 0 spiro atoms. The van der Waals surface area contributed by atoms with Crippen LogP contribution in [0.5, 0.6) is 17.2 Å². The van der Waals surface area contributed by atoms with Crippen LogP contribution in [0.1, 0.15) is 22.8 Å². The molecule has 0 aliphatic heterocycles. The van der Waals surface area contributed by atoms with Crippen molar-refractivity contribution in [3.63, 3.8) is 0 Å². The van der Waals surface area contributed by atoms with Crippen LogP contribution < -0.4 is 20.5 Å². The number of carbonyl (C=O) groups is 1. The molecule has 4 N–H and O–H groups in total. The Morgan fingerprint density at radius 3 is 2.39 bits per heavy atom. The number of aromatic amines is 1. The summed E-state index contributed by atoms with van der Waals surface area (Å²) in [6.07, 6.45) is 0.0355. The van der Waals surface area contributed by atoms with Gasteiger partial charge in [-0.15, -0.1) is 0 Å². The lowest BCUT2D eigenvalue weighted by Gasteiger charge is -2.18. The number of aromatic nitrogens is 2. The van der Waals surface area contributed by atoms with Crippen molar-refractivity contribution in [1.29, 1.82) is 0 Å². The Hall–Kier alpha value is -4.08. The zero-order valence-corrected chi connectivity index (χ0v) is 20.1. The van der Waals surface area contributed by atoms with Crippen molar-refractivity contribution in [1.82, 2.24) is 14.9 Å². The first-order chi connectivity index (χ1) is 17.3. The van der Waals surface area contributed by atoms with Gasteiger partial charge in [-0.3, -0.25) is 4.57 Å². The molecule has 4 aromatic rings. The van der Waals surface area contributed by atoms with Gasteiger partial charge in [0.2, 0.25) is 0 Å². The first kappa shape index (κ1) is 25.0. The second kappa shape index (κ2) is 11.1. The highest BCUT2D eigenvalue weighted by atomic mass is 16.5. The number of aryl methyl sites for hydroxylation is 1. The van der Waals surface area contributed by atoms with E-state index in [4.69, 9.17) is 14.6 Å². The zero-order chi connectivity index (χ0) is 25.7. The summed E-state index contributed by atoms with van der Waals surface area (Å²) < 4.78 is 13.1. The van der Waals surface area contributed by atoms with Gasteiger partial charge in [0, 0.05) is 19.6 Å². The summed E-state index contributed by atoms with van der Waals surface area (Å²) in [5.41, 5.74) is 2.45. The number of nitrogens with zero attached hydrogens (tertiary/aromatic N) is 1. The maximum atomic E-state index is 11.9. The molecule has 0 saturated heterocycles. The molecule has 188 valence electrons. The molecular weight excluding hydrogens is 462 g/mol. The number of nitrogens with one attached hydrogen (secondary N) is 2. The van der Waals surface area contributed by atoms with Gasteiger partial charge in [-0.1, -0.05) is 18.2 Å². The van der Waals surface area contributed by atoms with E-state index in [1.54, 1.807) is 37.4 Å². The summed E-state index contributed by atoms with van der Waals surface area (Å²) in [6.45, 7) is 2.49. The van der Waals surface area contributed by atoms with Crippen LogP contribution in [0.25, 0.3) is 11.0 Å². The monoisotopic (exact) mass is 491 g/mol. The average Bonchev–Trinajstić information content (AvgIpc) is 3.16. The van der Waals surface area contributed by atoms with E-state index in [0.29, 0.717) is 34.8 Å². The molecule has 1 heterocycles. The number of aliphatic hydroxyl groups is 1. The van der Waals surface area contributed by atoms with Crippen LogP contribution in [-0.2, 0) is 13.5 Å². The lowest BCUT2D eigenvalue weighted by atomic mass is 10.1. The number of hydrogen-bond donors (Lipinski definition) is 4. The van der Waals surface area contributed by atoms with E-state index in [2.05, 4.69) is 10.3 Å². The molecule has 0 amide bonds. The molecule has 36 heavy (non-hydrogen) atoms. The van der Waals surface area contributed by atoms with Gasteiger partial charge < -0.3 is 30.0 Å². The van der Waals surface area contributed by atoms with Gasteiger partial charge >= 0.3 is 11.7 Å². The second-order valence-electron chi connectivity index (χ2n) is 8.70. The third-order valence-electron chi connectivity index (χ3n) is 5.82. The van der Waals surface area contributed by atoms with E-state index in [0.717, 1.165) is 12.0 Å². The number of H-pyrrole nitrogens is 1. The molecule has 0 saturated carbocycles. The van der Waals surface area contributed by atoms with Crippen LogP contribution in [0.4, 0.5) is 0 Å². The van der Waals surface area contributed by atoms with Gasteiger partial charge in [-0.05, 0) is 67.4 Å². The smallest absolute Gasteiger partial charge is 0.335 e. The Labute approximate surface area is 207 Å². The number of carboxylic acid groups (broad SMARTS) is 1. The molecule has 2 atom stereocenters. The van der Waals surface area contributed by atoms with Gasteiger partial charge in [0.05, 0.1) is 11.1 Å². The van der Waals surface area contributed by atoms with Gasteiger partial charge in [0.15, 0.2) is 0 Å². The zero-order valence-electron chi connectivity index (χ0n) is 20.1. The molecule has 4 rings (SSSR count). The molecule has 0 radical (unpaired) electrons. The van der Waals surface area contributed by atoms with Crippen molar-refractivity contribution >= 4 is 17.0 Å². The standard InChI is InChI=1S/C27H29N3O6/c1-17(14-18-6-10-21(11-7-18)36-22-12-8-19(9-13-22)26(32)33)28-15-20(31)16-35-24-5-3-4-23-25(24)30(2)27(34)29-23/h3-13,17,20,28,31H,14-16H2,1-2H3,(H,29,34)(H,32,33)/t17?,20-/m0/s1. The first-order valence-electron chi connectivity index (χ1n) is 11.6. The number of aromatic carboxylic acids is 1. The molecule has 1 unspecified atom stereocenters. The lowest BCUT2D eigenvalue weighted by molar-refractivity contribution is 0.0697. The van der Waals surface area contributed by atoms with Crippen molar-refractivity contribution in [2.75, 3.05) is 13.2 Å². The maximum Gasteiger partial charge on any atom is 0.335 e. The summed E-state index contributed by atoms with van der Waals surface area (Å²) >= 11 is 0. The molecule has 0 bridgehead atoms. The quantitative estimate of drug-likeness (QED) is 0.254. The summed E-state index contributed by atoms with van der Waals surface area (Å²) in [5.74, 6) is 0.788. The summed E-state index contributed by atoms with van der Waals surface area (Å²) in [4.78, 5) is 25.6. The molecule has 1 aromatic heterocycles. The van der Waals surface area contributed by atoms with Crippen molar-refractivity contribution < 1.29 is 24.5 Å². The normalized spacial score (nSPS) is 12.9. The molecule has 0 fully saturated rings. The number of para-hydroxylation sites is 1. The molecular formula is C27H29N3O6. The third kappa shape index (κ3) is 6.12. The highest BCUT2D eigenvalue weighted by Gasteiger charge is 2.13. The number of benzene rings is 3. The fourth-order valence-corrected chi connectivity index (χ4v) is 3.89. The van der Waals surface area contributed by atoms with Gasteiger partial charge in [0.25, 0.3) is 0 Å². The van der Waals surface area contributed by atoms with Crippen LogP contribution in [-0.4, -0.2) is 51.0 Å². The molecule has 0 aliphatic rings.